The van der Waals surface area contributed by atoms with Gasteiger partial charge in [-0.3, -0.25) is 0 Å². The molecular formula is C25H30N2OS. The number of furan rings is 1. The highest BCUT2D eigenvalue weighted by molar-refractivity contribution is 7.99. The summed E-state index contributed by atoms with van der Waals surface area (Å²) in [6, 6.07) is 19.8. The van der Waals surface area contributed by atoms with Crippen LogP contribution in [0.4, 0.5) is 11.4 Å². The van der Waals surface area contributed by atoms with E-state index >= 15 is 0 Å². The van der Waals surface area contributed by atoms with Gasteiger partial charge in [0, 0.05) is 33.0 Å². The summed E-state index contributed by atoms with van der Waals surface area (Å²) in [7, 11) is 0. The van der Waals surface area contributed by atoms with E-state index in [1.165, 1.54) is 27.4 Å². The fraction of sp³-hybridized carbons (Fsp3) is 0.360. The van der Waals surface area contributed by atoms with Crippen LogP contribution >= 0.6 is 11.8 Å². The minimum Gasteiger partial charge on any atom is -0.467 e. The van der Waals surface area contributed by atoms with Gasteiger partial charge in [-0.05, 0) is 68.3 Å². The summed E-state index contributed by atoms with van der Waals surface area (Å²) < 4.78 is 5.85. The third kappa shape index (κ3) is 3.91. The van der Waals surface area contributed by atoms with Crippen LogP contribution in [0.5, 0.6) is 0 Å². The van der Waals surface area contributed by atoms with Gasteiger partial charge in [-0.25, -0.2) is 0 Å². The molecule has 1 aliphatic rings. The van der Waals surface area contributed by atoms with E-state index in [2.05, 4.69) is 93.8 Å². The molecule has 2 heterocycles. The molecule has 0 fully saturated rings. The van der Waals surface area contributed by atoms with Crippen molar-refractivity contribution in [3.63, 3.8) is 0 Å². The maximum atomic E-state index is 5.85. The molecule has 4 rings (SSSR count). The first-order valence-corrected chi connectivity index (χ1v) is 11.2. The van der Waals surface area contributed by atoms with Crippen molar-refractivity contribution in [1.29, 1.82) is 0 Å². The standard InChI is InChI=1S/C25H30N2OS/c1-16(2)26-18-14-17(3)22-20(15-18)24(29-19-10-7-6-8-11-19)25(4,5)23(27-22)21-12-9-13-28-21/h6-16,23-24,26-27H,1-5H3. The number of hydrogen-bond acceptors (Lipinski definition) is 4. The maximum Gasteiger partial charge on any atom is 0.126 e. The van der Waals surface area contributed by atoms with Gasteiger partial charge in [0.1, 0.15) is 5.76 Å². The predicted molar refractivity (Wildman–Crippen MR) is 124 cm³/mol. The number of benzene rings is 2. The Bertz CT molecular complexity index is 964. The molecule has 0 bridgehead atoms. The minimum absolute atomic E-state index is 0.0613. The Morgan fingerprint density at radius 1 is 1.07 bits per heavy atom. The molecule has 2 N–H and O–H groups in total. The third-order valence-corrected chi connectivity index (χ3v) is 7.28. The van der Waals surface area contributed by atoms with Crippen LogP contribution in [0.15, 0.2) is 70.2 Å². The topological polar surface area (TPSA) is 37.2 Å². The van der Waals surface area contributed by atoms with Crippen LogP contribution in [-0.4, -0.2) is 6.04 Å². The van der Waals surface area contributed by atoms with Crippen molar-refractivity contribution in [2.45, 2.75) is 56.8 Å². The largest absolute Gasteiger partial charge is 0.467 e. The highest BCUT2D eigenvalue weighted by atomic mass is 32.2. The second-order valence-corrected chi connectivity index (χ2v) is 9.96. The number of thioether (sulfide) groups is 1. The first-order valence-electron chi connectivity index (χ1n) is 10.3. The maximum absolute atomic E-state index is 5.85. The molecule has 29 heavy (non-hydrogen) atoms. The third-order valence-electron chi connectivity index (χ3n) is 5.64. The number of fused-ring (bicyclic) bond motifs is 1. The minimum atomic E-state index is -0.0613. The molecule has 2 unspecified atom stereocenters. The van der Waals surface area contributed by atoms with E-state index in [9.17, 15) is 0 Å². The first kappa shape index (κ1) is 20.0. The highest BCUT2D eigenvalue weighted by Crippen LogP contribution is 2.59. The van der Waals surface area contributed by atoms with E-state index in [-0.39, 0.29) is 16.7 Å². The summed E-state index contributed by atoms with van der Waals surface area (Å²) in [6.45, 7) is 11.2. The van der Waals surface area contributed by atoms with Crippen molar-refractivity contribution < 1.29 is 4.42 Å². The molecule has 4 heteroatoms. The lowest BCUT2D eigenvalue weighted by Crippen LogP contribution is -2.37. The van der Waals surface area contributed by atoms with E-state index < -0.39 is 0 Å². The zero-order valence-corrected chi connectivity index (χ0v) is 18.6. The van der Waals surface area contributed by atoms with Crippen molar-refractivity contribution >= 4 is 23.1 Å². The fourth-order valence-corrected chi connectivity index (χ4v) is 5.60. The summed E-state index contributed by atoms with van der Waals surface area (Å²) in [5, 5.41) is 7.69. The van der Waals surface area contributed by atoms with E-state index in [1.807, 2.05) is 17.8 Å². The second-order valence-electron chi connectivity index (χ2n) is 8.78. The van der Waals surface area contributed by atoms with Gasteiger partial charge in [0.15, 0.2) is 0 Å². The Balaban J connectivity index is 1.84. The summed E-state index contributed by atoms with van der Waals surface area (Å²) in [5.74, 6) is 0.989. The van der Waals surface area contributed by atoms with Crippen LogP contribution in [0.3, 0.4) is 0 Å². The molecule has 0 spiro atoms. The van der Waals surface area contributed by atoms with Crippen molar-refractivity contribution in [2.24, 2.45) is 5.41 Å². The van der Waals surface area contributed by atoms with Gasteiger partial charge in [0.2, 0.25) is 0 Å². The van der Waals surface area contributed by atoms with Gasteiger partial charge in [-0.2, -0.15) is 0 Å². The van der Waals surface area contributed by atoms with Crippen LogP contribution < -0.4 is 10.6 Å². The van der Waals surface area contributed by atoms with Crippen LogP contribution in [0, 0.1) is 12.3 Å². The fourth-order valence-electron chi connectivity index (χ4n) is 4.26. The Kier molecular flexibility index (Phi) is 5.39. The van der Waals surface area contributed by atoms with Crippen molar-refractivity contribution in [2.75, 3.05) is 10.6 Å². The molecule has 0 saturated carbocycles. The van der Waals surface area contributed by atoms with Gasteiger partial charge in [-0.1, -0.05) is 32.0 Å². The first-order chi connectivity index (χ1) is 13.9. The Hall–Kier alpha value is -2.33. The molecule has 0 radical (unpaired) electrons. The van der Waals surface area contributed by atoms with Crippen LogP contribution in [0.25, 0.3) is 0 Å². The Morgan fingerprint density at radius 3 is 2.48 bits per heavy atom. The molecule has 1 aromatic heterocycles. The molecule has 0 saturated heterocycles. The number of rotatable bonds is 5. The van der Waals surface area contributed by atoms with Crippen LogP contribution in [0.2, 0.25) is 0 Å². The number of hydrogen-bond donors (Lipinski definition) is 2. The summed E-state index contributed by atoms with van der Waals surface area (Å²) in [6.07, 6.45) is 1.77. The van der Waals surface area contributed by atoms with E-state index in [1.54, 1.807) is 6.26 Å². The zero-order valence-electron chi connectivity index (χ0n) is 17.8. The zero-order chi connectivity index (χ0) is 20.6. The monoisotopic (exact) mass is 406 g/mol. The summed E-state index contributed by atoms with van der Waals surface area (Å²) >= 11 is 1.94. The SMILES string of the molecule is Cc1cc(NC(C)C)cc2c1NC(c1ccco1)C(C)(C)C2Sc1ccccc1. The molecule has 0 amide bonds. The predicted octanol–water partition coefficient (Wildman–Crippen LogP) is 7.43. The molecule has 3 aromatic rings. The summed E-state index contributed by atoms with van der Waals surface area (Å²) in [4.78, 5) is 1.29. The number of nitrogens with one attached hydrogen (secondary N) is 2. The van der Waals surface area contributed by atoms with Gasteiger partial charge in [0.05, 0.1) is 12.3 Å². The Labute approximate surface area is 178 Å². The smallest absolute Gasteiger partial charge is 0.126 e. The van der Waals surface area contributed by atoms with Crippen LogP contribution in [0.1, 0.15) is 55.9 Å². The lowest BCUT2D eigenvalue weighted by atomic mass is 9.73. The second kappa shape index (κ2) is 7.83. The van der Waals surface area contributed by atoms with Crippen molar-refractivity contribution in [3.05, 3.63) is 77.7 Å². The molecule has 0 aliphatic carbocycles. The van der Waals surface area contributed by atoms with Crippen LogP contribution in [-0.2, 0) is 0 Å². The normalized spacial score (nSPS) is 20.2. The lowest BCUT2D eigenvalue weighted by Gasteiger charge is -2.46. The molecule has 2 aromatic carbocycles. The van der Waals surface area contributed by atoms with Crippen molar-refractivity contribution in [1.82, 2.24) is 0 Å². The quantitative estimate of drug-likeness (QED) is 0.462. The van der Waals surface area contributed by atoms with Gasteiger partial charge >= 0.3 is 0 Å². The van der Waals surface area contributed by atoms with Gasteiger partial charge in [0.25, 0.3) is 0 Å². The van der Waals surface area contributed by atoms with Gasteiger partial charge in [-0.15, -0.1) is 11.8 Å². The summed E-state index contributed by atoms with van der Waals surface area (Å²) in [5.41, 5.74) is 4.97. The van der Waals surface area contributed by atoms with E-state index in [4.69, 9.17) is 4.42 Å². The molecule has 3 nitrogen and oxygen atoms in total. The van der Waals surface area contributed by atoms with Gasteiger partial charge < -0.3 is 15.1 Å². The Morgan fingerprint density at radius 2 is 1.83 bits per heavy atom. The van der Waals surface area contributed by atoms with Crippen molar-refractivity contribution in [3.8, 4) is 0 Å². The molecule has 152 valence electrons. The molecule has 1 aliphatic heterocycles. The lowest BCUT2D eigenvalue weighted by molar-refractivity contribution is 0.257. The number of anilines is 2. The molecular weight excluding hydrogens is 376 g/mol. The average molecular weight is 407 g/mol. The van der Waals surface area contributed by atoms with E-state index in [0.29, 0.717) is 6.04 Å². The number of aryl methyl sites for hydroxylation is 1. The highest BCUT2D eigenvalue weighted by Gasteiger charge is 2.46. The van der Waals surface area contributed by atoms with E-state index in [0.717, 1.165) is 5.76 Å². The molecule has 2 atom stereocenters. The average Bonchev–Trinajstić information content (AvgIpc) is 3.18.